The summed E-state index contributed by atoms with van der Waals surface area (Å²) >= 11 is 0. The molecule has 1 unspecified atom stereocenters. The first-order valence-electron chi connectivity index (χ1n) is 6.35. The summed E-state index contributed by atoms with van der Waals surface area (Å²) in [4.78, 5) is 16.0. The summed E-state index contributed by atoms with van der Waals surface area (Å²) in [5.74, 6) is 0.789. The number of amides is 1. The zero-order chi connectivity index (χ0) is 13.8. The van der Waals surface area contributed by atoms with Gasteiger partial charge in [0.1, 0.15) is 6.61 Å². The van der Waals surface area contributed by atoms with E-state index in [-0.39, 0.29) is 11.9 Å². The third-order valence-electron chi connectivity index (χ3n) is 3.04. The number of rotatable bonds is 4. The molecule has 4 nitrogen and oxygen atoms in total. The van der Waals surface area contributed by atoms with Gasteiger partial charge in [0.05, 0.1) is 17.3 Å². The average Bonchev–Trinajstić information content (AvgIpc) is 2.89. The third kappa shape index (κ3) is 3.02. The summed E-state index contributed by atoms with van der Waals surface area (Å²) in [5.41, 5.74) is 1.50. The summed E-state index contributed by atoms with van der Waals surface area (Å²) in [6.45, 7) is 8.27. The van der Waals surface area contributed by atoms with Crippen LogP contribution in [0.15, 0.2) is 41.9 Å². The van der Waals surface area contributed by atoms with Gasteiger partial charge in [0.15, 0.2) is 0 Å². The van der Waals surface area contributed by atoms with E-state index in [0.29, 0.717) is 24.1 Å². The fourth-order valence-corrected chi connectivity index (χ4v) is 1.84. The minimum absolute atomic E-state index is 0.179. The Morgan fingerprint density at radius 3 is 2.89 bits per heavy atom. The van der Waals surface area contributed by atoms with Crippen LogP contribution in [0.3, 0.4) is 0 Å². The number of carbonyl (C=O) groups is 1. The summed E-state index contributed by atoms with van der Waals surface area (Å²) in [7, 11) is 0. The molecule has 0 fully saturated rings. The van der Waals surface area contributed by atoms with Crippen molar-refractivity contribution in [2.75, 3.05) is 11.9 Å². The standard InChI is InChI=1S/C15H18N2O2/c1-4-14(18)16-12-8-6-5-7-11(12)15-17-13(9-19-15)10(2)3/h4-8,10,13H,1,9H2,2-3H3,(H,16,18). The van der Waals surface area contributed by atoms with Gasteiger partial charge in [-0.3, -0.25) is 4.79 Å². The number of nitrogens with one attached hydrogen (secondary N) is 1. The lowest BCUT2D eigenvalue weighted by Crippen LogP contribution is -2.13. The fraction of sp³-hybridized carbons (Fsp3) is 0.333. The highest BCUT2D eigenvalue weighted by Gasteiger charge is 2.24. The SMILES string of the molecule is C=CC(=O)Nc1ccccc1C1=NC(C(C)C)CO1. The van der Waals surface area contributed by atoms with Crippen LogP contribution >= 0.6 is 0 Å². The number of nitrogens with zero attached hydrogens (tertiary/aromatic N) is 1. The first-order chi connectivity index (χ1) is 9.11. The Balaban J connectivity index is 2.28. The van der Waals surface area contributed by atoms with Gasteiger partial charge < -0.3 is 10.1 Å². The minimum atomic E-state index is -0.244. The van der Waals surface area contributed by atoms with Crippen molar-refractivity contribution in [2.45, 2.75) is 19.9 Å². The van der Waals surface area contributed by atoms with E-state index in [1.807, 2.05) is 24.3 Å². The van der Waals surface area contributed by atoms with Gasteiger partial charge in [-0.05, 0) is 24.1 Å². The third-order valence-corrected chi connectivity index (χ3v) is 3.04. The van der Waals surface area contributed by atoms with E-state index >= 15 is 0 Å². The second-order valence-electron chi connectivity index (χ2n) is 4.80. The second kappa shape index (κ2) is 5.69. The van der Waals surface area contributed by atoms with Crippen LogP contribution in [0.1, 0.15) is 19.4 Å². The van der Waals surface area contributed by atoms with E-state index in [1.165, 1.54) is 6.08 Å². The minimum Gasteiger partial charge on any atom is -0.475 e. The molecule has 0 spiro atoms. The number of anilines is 1. The largest absolute Gasteiger partial charge is 0.475 e. The number of aliphatic imine (C=N–C) groups is 1. The van der Waals surface area contributed by atoms with Gasteiger partial charge in [0, 0.05) is 0 Å². The Morgan fingerprint density at radius 1 is 1.53 bits per heavy atom. The molecule has 0 aliphatic carbocycles. The molecule has 0 radical (unpaired) electrons. The lowest BCUT2D eigenvalue weighted by molar-refractivity contribution is -0.111. The molecule has 1 aromatic rings. The van der Waals surface area contributed by atoms with Gasteiger partial charge in [-0.25, -0.2) is 4.99 Å². The Kier molecular flexibility index (Phi) is 4.00. The molecule has 100 valence electrons. The average molecular weight is 258 g/mol. The normalized spacial score (nSPS) is 17.8. The molecule has 0 aromatic heterocycles. The van der Waals surface area contributed by atoms with E-state index in [9.17, 15) is 4.79 Å². The van der Waals surface area contributed by atoms with Gasteiger partial charge in [0.25, 0.3) is 0 Å². The highest BCUT2D eigenvalue weighted by molar-refractivity contribution is 6.06. The van der Waals surface area contributed by atoms with Crippen molar-refractivity contribution >= 4 is 17.5 Å². The van der Waals surface area contributed by atoms with Gasteiger partial charge in [-0.1, -0.05) is 32.6 Å². The quantitative estimate of drug-likeness (QED) is 0.844. The molecule has 0 saturated heterocycles. The Hall–Kier alpha value is -2.10. The van der Waals surface area contributed by atoms with Gasteiger partial charge >= 0.3 is 0 Å². The maximum atomic E-state index is 11.4. The van der Waals surface area contributed by atoms with E-state index in [0.717, 1.165) is 5.56 Å². The van der Waals surface area contributed by atoms with Crippen LogP contribution in [0.4, 0.5) is 5.69 Å². The van der Waals surface area contributed by atoms with Crippen molar-refractivity contribution in [3.05, 3.63) is 42.5 Å². The summed E-state index contributed by atoms with van der Waals surface area (Å²) in [5, 5.41) is 2.76. The Morgan fingerprint density at radius 2 is 2.26 bits per heavy atom. The van der Waals surface area contributed by atoms with Crippen LogP contribution in [0, 0.1) is 5.92 Å². The first-order valence-corrected chi connectivity index (χ1v) is 6.35. The van der Waals surface area contributed by atoms with Crippen molar-refractivity contribution in [2.24, 2.45) is 10.9 Å². The molecule has 0 bridgehead atoms. The number of ether oxygens (including phenoxy) is 1. The van der Waals surface area contributed by atoms with E-state index in [1.54, 1.807) is 0 Å². The van der Waals surface area contributed by atoms with Crippen molar-refractivity contribution in [1.82, 2.24) is 0 Å². The molecule has 1 N–H and O–H groups in total. The molecule has 4 heteroatoms. The maximum absolute atomic E-state index is 11.4. The second-order valence-corrected chi connectivity index (χ2v) is 4.80. The predicted octanol–water partition coefficient (Wildman–Crippen LogP) is 2.61. The molecular formula is C15H18N2O2. The molecule has 1 aliphatic heterocycles. The molecule has 1 aliphatic rings. The fourth-order valence-electron chi connectivity index (χ4n) is 1.84. The van der Waals surface area contributed by atoms with Crippen LogP contribution in [0.25, 0.3) is 0 Å². The predicted molar refractivity (Wildman–Crippen MR) is 76.4 cm³/mol. The topological polar surface area (TPSA) is 50.7 Å². The number of benzene rings is 1. The summed E-state index contributed by atoms with van der Waals surface area (Å²) in [6, 6.07) is 7.65. The van der Waals surface area contributed by atoms with E-state index < -0.39 is 0 Å². The first kappa shape index (κ1) is 13.3. The lowest BCUT2D eigenvalue weighted by Gasteiger charge is -2.09. The molecule has 19 heavy (non-hydrogen) atoms. The monoisotopic (exact) mass is 258 g/mol. The van der Waals surface area contributed by atoms with E-state index in [2.05, 4.69) is 30.7 Å². The van der Waals surface area contributed by atoms with E-state index in [4.69, 9.17) is 4.74 Å². The zero-order valence-electron chi connectivity index (χ0n) is 11.2. The molecule has 2 rings (SSSR count). The van der Waals surface area contributed by atoms with Crippen LogP contribution in [-0.2, 0) is 9.53 Å². The van der Waals surface area contributed by atoms with Gasteiger partial charge in [0.2, 0.25) is 11.8 Å². The zero-order valence-corrected chi connectivity index (χ0v) is 11.2. The van der Waals surface area contributed by atoms with Gasteiger partial charge in [-0.2, -0.15) is 0 Å². The van der Waals surface area contributed by atoms with Crippen molar-refractivity contribution in [3.63, 3.8) is 0 Å². The number of para-hydroxylation sites is 1. The Bertz CT molecular complexity index is 521. The van der Waals surface area contributed by atoms with Crippen LogP contribution in [0.5, 0.6) is 0 Å². The lowest BCUT2D eigenvalue weighted by atomic mass is 10.1. The molecule has 1 aromatic carbocycles. The van der Waals surface area contributed by atoms with Gasteiger partial charge in [-0.15, -0.1) is 0 Å². The molecular weight excluding hydrogens is 240 g/mol. The van der Waals surface area contributed by atoms with Crippen LogP contribution < -0.4 is 5.32 Å². The summed E-state index contributed by atoms with van der Waals surface area (Å²) < 4.78 is 5.64. The number of carbonyl (C=O) groups excluding carboxylic acids is 1. The molecule has 1 atom stereocenters. The van der Waals surface area contributed by atoms with Crippen molar-refractivity contribution in [1.29, 1.82) is 0 Å². The molecule has 1 amide bonds. The van der Waals surface area contributed by atoms with Crippen molar-refractivity contribution < 1.29 is 9.53 Å². The maximum Gasteiger partial charge on any atom is 0.247 e. The molecule has 0 saturated carbocycles. The highest BCUT2D eigenvalue weighted by atomic mass is 16.5. The van der Waals surface area contributed by atoms with Crippen molar-refractivity contribution in [3.8, 4) is 0 Å². The van der Waals surface area contributed by atoms with Crippen LogP contribution in [0.2, 0.25) is 0 Å². The molecule has 1 heterocycles. The smallest absolute Gasteiger partial charge is 0.247 e. The highest BCUT2D eigenvalue weighted by Crippen LogP contribution is 2.22. The Labute approximate surface area is 113 Å². The van der Waals surface area contributed by atoms with Crippen LogP contribution in [-0.4, -0.2) is 24.5 Å². The summed E-state index contributed by atoms with van der Waals surface area (Å²) in [6.07, 6.45) is 1.24. The number of hydrogen-bond donors (Lipinski definition) is 1. The number of hydrogen-bond acceptors (Lipinski definition) is 3.